The lowest BCUT2D eigenvalue weighted by Gasteiger charge is -2.33. The maximum Gasteiger partial charge on any atom is 0.283 e. The van der Waals surface area contributed by atoms with Crippen molar-refractivity contribution >= 4 is 23.3 Å². The molecule has 8 heteroatoms. The van der Waals surface area contributed by atoms with Crippen molar-refractivity contribution in [2.75, 3.05) is 11.9 Å². The normalized spacial score (nSPS) is 28.4. The monoisotopic (exact) mass is 435 g/mol. The standard InChI is InChI=1S/C22H21ClF3N3O/c23-13-3-1-12(2-4-13)21(7-8-21)11-28-14-5-6-17(24)15(9-14)22(19(25)26)16-10-18(16)30-20(27)29-22/h1-6,9,16,18-19,28H,7-8,10-11H2,(H2,27,29)/t16-,18+,22+/m0/s1. The van der Waals surface area contributed by atoms with E-state index in [1.54, 1.807) is 6.07 Å². The number of hydrogen-bond acceptors (Lipinski definition) is 4. The van der Waals surface area contributed by atoms with Gasteiger partial charge in [-0.2, -0.15) is 0 Å². The predicted octanol–water partition coefficient (Wildman–Crippen LogP) is 4.82. The van der Waals surface area contributed by atoms with Crippen LogP contribution in [0, 0.1) is 11.7 Å². The van der Waals surface area contributed by atoms with Crippen molar-refractivity contribution in [1.82, 2.24) is 0 Å². The van der Waals surface area contributed by atoms with Gasteiger partial charge in [-0.1, -0.05) is 23.7 Å². The van der Waals surface area contributed by atoms with Crippen LogP contribution in [0.1, 0.15) is 30.4 Å². The molecule has 0 spiro atoms. The van der Waals surface area contributed by atoms with Gasteiger partial charge in [0.1, 0.15) is 11.9 Å². The molecule has 2 fully saturated rings. The number of alkyl halides is 2. The van der Waals surface area contributed by atoms with Crippen LogP contribution in [0.25, 0.3) is 0 Å². The van der Waals surface area contributed by atoms with Crippen LogP contribution in [0.15, 0.2) is 47.5 Å². The van der Waals surface area contributed by atoms with E-state index in [9.17, 15) is 13.2 Å². The van der Waals surface area contributed by atoms with Crippen LogP contribution in [0.5, 0.6) is 0 Å². The molecule has 1 heterocycles. The van der Waals surface area contributed by atoms with Gasteiger partial charge in [0.25, 0.3) is 12.4 Å². The zero-order chi connectivity index (χ0) is 21.1. The van der Waals surface area contributed by atoms with E-state index < -0.39 is 29.8 Å². The van der Waals surface area contributed by atoms with Crippen molar-refractivity contribution in [3.8, 4) is 0 Å². The molecule has 0 aromatic heterocycles. The highest BCUT2D eigenvalue weighted by Crippen LogP contribution is 2.56. The van der Waals surface area contributed by atoms with E-state index in [1.807, 2.05) is 24.3 Å². The van der Waals surface area contributed by atoms with Crippen molar-refractivity contribution < 1.29 is 17.9 Å². The van der Waals surface area contributed by atoms with Crippen molar-refractivity contribution in [3.05, 3.63) is 64.4 Å². The molecule has 2 aliphatic carbocycles. The molecule has 0 saturated heterocycles. The van der Waals surface area contributed by atoms with Crippen molar-refractivity contribution in [1.29, 1.82) is 0 Å². The highest BCUT2D eigenvalue weighted by Gasteiger charge is 2.64. The summed E-state index contributed by atoms with van der Waals surface area (Å²) in [7, 11) is 0. The number of aliphatic imine (C=N–C) groups is 1. The molecule has 0 unspecified atom stereocenters. The first-order chi connectivity index (χ1) is 14.3. The quantitative estimate of drug-likeness (QED) is 0.684. The molecular weight excluding hydrogens is 415 g/mol. The Labute approximate surface area is 177 Å². The molecular formula is C22H21ClF3N3O. The highest BCUT2D eigenvalue weighted by atomic mass is 35.5. The number of benzene rings is 2. The lowest BCUT2D eigenvalue weighted by atomic mass is 9.84. The van der Waals surface area contributed by atoms with E-state index in [2.05, 4.69) is 10.3 Å². The van der Waals surface area contributed by atoms with E-state index in [0.717, 1.165) is 12.8 Å². The van der Waals surface area contributed by atoms with Crippen LogP contribution >= 0.6 is 11.6 Å². The fourth-order valence-electron chi connectivity index (χ4n) is 4.54. The molecule has 2 aromatic rings. The molecule has 2 saturated carbocycles. The third kappa shape index (κ3) is 3.11. The van der Waals surface area contributed by atoms with Gasteiger partial charge in [-0.25, -0.2) is 18.2 Å². The van der Waals surface area contributed by atoms with Crippen LogP contribution in [0.4, 0.5) is 18.9 Å². The number of amidine groups is 1. The number of anilines is 1. The smallest absolute Gasteiger partial charge is 0.283 e. The van der Waals surface area contributed by atoms with Gasteiger partial charge in [0.05, 0.1) is 0 Å². The molecule has 158 valence electrons. The second kappa shape index (κ2) is 6.80. The third-order valence-electron chi connectivity index (χ3n) is 6.54. The third-order valence-corrected chi connectivity index (χ3v) is 6.79. The summed E-state index contributed by atoms with van der Waals surface area (Å²) in [6.45, 7) is 0.613. The number of nitrogens with two attached hydrogens (primary N) is 1. The highest BCUT2D eigenvalue weighted by molar-refractivity contribution is 6.30. The Hall–Kier alpha value is -2.41. The van der Waals surface area contributed by atoms with E-state index in [0.29, 0.717) is 23.7 Å². The van der Waals surface area contributed by atoms with Gasteiger partial charge in [-0.15, -0.1) is 0 Å². The molecule has 0 amide bonds. The number of hydrogen-bond donors (Lipinski definition) is 2. The molecule has 2 aromatic carbocycles. The Morgan fingerprint density at radius 2 is 1.93 bits per heavy atom. The van der Waals surface area contributed by atoms with Crippen LogP contribution in [0.2, 0.25) is 5.02 Å². The number of rotatable bonds is 6. The second-order valence-corrected chi connectivity index (χ2v) is 8.85. The minimum absolute atomic E-state index is 0.0254. The Kier molecular flexibility index (Phi) is 4.43. The van der Waals surface area contributed by atoms with Gasteiger partial charge in [0.15, 0.2) is 5.54 Å². The maximum absolute atomic E-state index is 14.7. The number of nitrogens with zero attached hydrogens (tertiary/aromatic N) is 1. The average molecular weight is 436 g/mol. The average Bonchev–Trinajstić information content (AvgIpc) is 3.62. The van der Waals surface area contributed by atoms with Crippen LogP contribution < -0.4 is 11.1 Å². The lowest BCUT2D eigenvalue weighted by Crippen LogP contribution is -2.43. The summed E-state index contributed by atoms with van der Waals surface area (Å²) >= 11 is 5.98. The van der Waals surface area contributed by atoms with Gasteiger partial charge in [0, 0.05) is 34.2 Å². The Morgan fingerprint density at radius 1 is 1.20 bits per heavy atom. The first-order valence-electron chi connectivity index (χ1n) is 9.94. The predicted molar refractivity (Wildman–Crippen MR) is 110 cm³/mol. The van der Waals surface area contributed by atoms with Crippen molar-refractivity contribution in [3.63, 3.8) is 0 Å². The first kappa shape index (κ1) is 19.5. The van der Waals surface area contributed by atoms with Gasteiger partial charge in [-0.05, 0) is 55.2 Å². The molecule has 3 atom stereocenters. The topological polar surface area (TPSA) is 59.6 Å². The summed E-state index contributed by atoms with van der Waals surface area (Å²) in [5, 5.41) is 3.99. The lowest BCUT2D eigenvalue weighted by molar-refractivity contribution is 0.0177. The summed E-state index contributed by atoms with van der Waals surface area (Å²) in [6, 6.07) is 11.6. The summed E-state index contributed by atoms with van der Waals surface area (Å²) in [4.78, 5) is 3.93. The molecule has 30 heavy (non-hydrogen) atoms. The van der Waals surface area contributed by atoms with E-state index in [4.69, 9.17) is 22.1 Å². The SMILES string of the molecule is NC1=N[C@@](c2cc(NCC3(c4ccc(Cl)cc4)CC3)ccc2F)(C(F)F)[C@H]2C[C@H]2O1. The summed E-state index contributed by atoms with van der Waals surface area (Å²) in [6.07, 6.45) is -0.932. The van der Waals surface area contributed by atoms with Crippen LogP contribution in [-0.4, -0.2) is 25.1 Å². The first-order valence-corrected chi connectivity index (χ1v) is 10.3. The molecule has 5 rings (SSSR count). The zero-order valence-electron chi connectivity index (χ0n) is 16.0. The van der Waals surface area contributed by atoms with Crippen molar-refractivity contribution in [2.24, 2.45) is 16.6 Å². The Morgan fingerprint density at radius 3 is 2.60 bits per heavy atom. The largest absolute Gasteiger partial charge is 0.462 e. The minimum atomic E-state index is -2.90. The fraction of sp³-hybridized carbons (Fsp3) is 0.409. The number of halogens is 4. The Bertz CT molecular complexity index is 1010. The number of fused-ring (bicyclic) bond motifs is 1. The van der Waals surface area contributed by atoms with Crippen LogP contribution in [-0.2, 0) is 15.7 Å². The summed E-state index contributed by atoms with van der Waals surface area (Å²) < 4.78 is 48.5. The van der Waals surface area contributed by atoms with Gasteiger partial charge >= 0.3 is 0 Å². The van der Waals surface area contributed by atoms with Crippen molar-refractivity contribution in [2.45, 2.75) is 42.7 Å². The van der Waals surface area contributed by atoms with Gasteiger partial charge in [0.2, 0.25) is 0 Å². The number of ether oxygens (including phenoxy) is 1. The number of nitrogens with one attached hydrogen (secondary N) is 1. The van der Waals surface area contributed by atoms with E-state index >= 15 is 0 Å². The van der Waals surface area contributed by atoms with E-state index in [-0.39, 0.29) is 17.0 Å². The molecule has 1 aliphatic heterocycles. The Balaban J connectivity index is 1.43. The summed E-state index contributed by atoms with van der Waals surface area (Å²) in [5.74, 6) is -1.30. The summed E-state index contributed by atoms with van der Waals surface area (Å²) in [5.41, 5.74) is 5.21. The zero-order valence-corrected chi connectivity index (χ0v) is 16.8. The molecule has 3 aliphatic rings. The maximum atomic E-state index is 14.7. The van der Waals surface area contributed by atoms with Gasteiger partial charge < -0.3 is 15.8 Å². The van der Waals surface area contributed by atoms with E-state index in [1.165, 1.54) is 17.7 Å². The molecule has 0 bridgehead atoms. The molecule has 0 radical (unpaired) electrons. The van der Waals surface area contributed by atoms with Gasteiger partial charge in [-0.3, -0.25) is 0 Å². The van der Waals surface area contributed by atoms with Crippen LogP contribution in [0.3, 0.4) is 0 Å². The second-order valence-electron chi connectivity index (χ2n) is 8.41. The molecule has 4 nitrogen and oxygen atoms in total. The minimum Gasteiger partial charge on any atom is -0.462 e. The molecule has 3 N–H and O–H groups in total. The fourth-order valence-corrected chi connectivity index (χ4v) is 4.66.